The fraction of sp³-hybridized carbons (Fsp3) is 0.267. The van der Waals surface area contributed by atoms with E-state index in [-0.39, 0.29) is 0 Å². The van der Waals surface area contributed by atoms with Gasteiger partial charge in [0.15, 0.2) is 0 Å². The Morgan fingerprint density at radius 1 is 1.43 bits per heavy atom. The van der Waals surface area contributed by atoms with Gasteiger partial charge in [-0.25, -0.2) is 14.2 Å². The largest absolute Gasteiger partial charge is 0.324 e. The lowest BCUT2D eigenvalue weighted by Gasteiger charge is -2.11. The molecule has 2 unspecified atom stereocenters. The van der Waals surface area contributed by atoms with Crippen LogP contribution in [-0.2, 0) is 9.71 Å². The number of hydrogen-bond donors (Lipinski definition) is 2. The highest BCUT2D eigenvalue weighted by atomic mass is 79.9. The third-order valence-corrected chi connectivity index (χ3v) is 6.29. The smallest absolute Gasteiger partial charge is 0.228 e. The zero-order valence-electron chi connectivity index (χ0n) is 13.0. The first kappa shape index (κ1) is 18.3. The summed E-state index contributed by atoms with van der Waals surface area (Å²) in [5.74, 6) is 3.97. The predicted octanol–water partition coefficient (Wildman–Crippen LogP) is 3.82. The highest BCUT2D eigenvalue weighted by Crippen LogP contribution is 2.30. The van der Waals surface area contributed by atoms with Crippen LogP contribution in [0.5, 0.6) is 0 Å². The summed E-state index contributed by atoms with van der Waals surface area (Å²) in [5.41, 5.74) is 0.791. The van der Waals surface area contributed by atoms with Gasteiger partial charge in [0.25, 0.3) is 0 Å². The second-order valence-corrected chi connectivity index (χ2v) is 9.26. The molecule has 8 heteroatoms. The van der Waals surface area contributed by atoms with E-state index in [1.54, 1.807) is 42.2 Å². The molecular formula is C15H19BrN4OS2. The molecular weight excluding hydrogens is 396 g/mol. The number of thioether (sulfide) groups is 1. The first-order valence-electron chi connectivity index (χ1n) is 7.01. The van der Waals surface area contributed by atoms with Gasteiger partial charge in [0.2, 0.25) is 5.95 Å². The zero-order chi connectivity index (χ0) is 17.0. The van der Waals surface area contributed by atoms with E-state index in [4.69, 9.17) is 5.14 Å². The summed E-state index contributed by atoms with van der Waals surface area (Å²) in [4.78, 5) is 9.30. The Morgan fingerprint density at radius 3 is 2.65 bits per heavy atom. The minimum Gasteiger partial charge on any atom is -0.324 e. The van der Waals surface area contributed by atoms with Crippen molar-refractivity contribution in [2.45, 2.75) is 35.4 Å². The van der Waals surface area contributed by atoms with Gasteiger partial charge in [0, 0.05) is 22.0 Å². The topological polar surface area (TPSA) is 80.9 Å². The van der Waals surface area contributed by atoms with E-state index in [0.717, 1.165) is 21.6 Å². The number of nitrogens with one attached hydrogen (secondary N) is 1. The van der Waals surface area contributed by atoms with Crippen LogP contribution >= 0.6 is 27.7 Å². The van der Waals surface area contributed by atoms with E-state index in [9.17, 15) is 4.21 Å². The molecule has 23 heavy (non-hydrogen) atoms. The second kappa shape index (κ2) is 7.65. The minimum atomic E-state index is -2.69. The summed E-state index contributed by atoms with van der Waals surface area (Å²) < 4.78 is 12.6. The number of benzene rings is 1. The van der Waals surface area contributed by atoms with Crippen LogP contribution in [0.3, 0.4) is 0 Å². The van der Waals surface area contributed by atoms with Crippen LogP contribution < -0.4 is 10.5 Å². The molecule has 0 aliphatic rings. The Kier molecular flexibility index (Phi) is 6.07. The lowest BCUT2D eigenvalue weighted by atomic mass is 10.3. The minimum absolute atomic E-state index is 0.475. The Labute approximate surface area is 149 Å². The molecule has 0 aliphatic carbocycles. The number of halogens is 1. The fourth-order valence-corrected chi connectivity index (χ4v) is 3.59. The van der Waals surface area contributed by atoms with Crippen molar-refractivity contribution in [3.05, 3.63) is 34.9 Å². The highest BCUT2D eigenvalue weighted by Gasteiger charge is 2.10. The molecule has 0 saturated heterocycles. The van der Waals surface area contributed by atoms with Gasteiger partial charge in [-0.2, -0.15) is 0 Å². The molecule has 0 aliphatic heterocycles. The number of aromatic nitrogens is 2. The van der Waals surface area contributed by atoms with E-state index in [1.807, 2.05) is 0 Å². The summed E-state index contributed by atoms with van der Waals surface area (Å²) >= 11 is 5.18. The fourth-order valence-electron chi connectivity index (χ4n) is 1.67. The molecule has 1 aromatic carbocycles. The van der Waals surface area contributed by atoms with E-state index >= 15 is 0 Å². The van der Waals surface area contributed by atoms with Crippen molar-refractivity contribution < 1.29 is 4.21 Å². The van der Waals surface area contributed by atoms with Crippen molar-refractivity contribution in [3.8, 4) is 0 Å². The first-order valence-corrected chi connectivity index (χ1v) is 10.5. The Hall–Kier alpha value is -1.09. The van der Waals surface area contributed by atoms with Gasteiger partial charge in [-0.15, -0.1) is 11.8 Å². The van der Waals surface area contributed by atoms with Crippen molar-refractivity contribution in [2.24, 2.45) is 5.14 Å². The molecule has 0 radical (unpaired) electrons. The molecule has 2 rings (SSSR count). The molecule has 2 aromatic rings. The van der Waals surface area contributed by atoms with Gasteiger partial charge in [0.1, 0.15) is 5.03 Å². The van der Waals surface area contributed by atoms with Crippen molar-refractivity contribution >= 4 is 54.9 Å². The highest BCUT2D eigenvalue weighted by molar-refractivity contribution is 9.10. The average molecular weight is 415 g/mol. The molecule has 5 nitrogen and oxygen atoms in total. The molecule has 3 N–H and O–H groups in total. The maximum atomic E-state index is 11.7. The molecule has 0 fully saturated rings. The van der Waals surface area contributed by atoms with Crippen molar-refractivity contribution in [3.63, 3.8) is 0 Å². The molecule has 0 saturated carbocycles. The van der Waals surface area contributed by atoms with E-state index in [1.165, 1.54) is 0 Å². The van der Waals surface area contributed by atoms with Crippen LogP contribution in [0.4, 0.5) is 11.6 Å². The molecule has 1 heterocycles. The molecule has 124 valence electrons. The van der Waals surface area contributed by atoms with Crippen molar-refractivity contribution in [1.29, 1.82) is 0 Å². The summed E-state index contributed by atoms with van der Waals surface area (Å²) in [7, 11) is -2.69. The number of hydrogen-bond acceptors (Lipinski definition) is 5. The van der Waals surface area contributed by atoms with Gasteiger partial charge in [0.05, 0.1) is 14.2 Å². The van der Waals surface area contributed by atoms with Gasteiger partial charge in [-0.1, -0.05) is 13.8 Å². The average Bonchev–Trinajstić information content (AvgIpc) is 2.50. The Bertz CT molecular complexity index is 779. The summed E-state index contributed by atoms with van der Waals surface area (Å²) in [6, 6.07) is 6.93. The summed E-state index contributed by atoms with van der Waals surface area (Å²) in [5, 5.41) is 10.0. The SMILES string of the molecule is C=S(N)(=O)c1ccc(Nc2ncc(Br)c(SC(C)CC)n2)cc1. The van der Waals surface area contributed by atoms with Gasteiger partial charge < -0.3 is 5.32 Å². The monoisotopic (exact) mass is 414 g/mol. The molecule has 0 spiro atoms. The lowest BCUT2D eigenvalue weighted by molar-refractivity contribution is 0.682. The van der Waals surface area contributed by atoms with Gasteiger partial charge >= 0.3 is 0 Å². The lowest BCUT2D eigenvalue weighted by Crippen LogP contribution is -2.11. The number of nitrogens with zero attached hydrogens (tertiary/aromatic N) is 2. The van der Waals surface area contributed by atoms with Crippen LogP contribution in [0.15, 0.2) is 44.9 Å². The van der Waals surface area contributed by atoms with E-state index in [0.29, 0.717) is 16.1 Å². The molecule has 0 bridgehead atoms. The normalized spacial score (nSPS) is 15.0. The third kappa shape index (κ3) is 5.20. The predicted molar refractivity (Wildman–Crippen MR) is 103 cm³/mol. The first-order chi connectivity index (χ1) is 10.8. The second-order valence-electron chi connectivity index (χ2n) is 5.06. The summed E-state index contributed by atoms with van der Waals surface area (Å²) in [6.07, 6.45) is 2.80. The maximum absolute atomic E-state index is 11.7. The van der Waals surface area contributed by atoms with Gasteiger partial charge in [-0.05, 0) is 52.5 Å². The van der Waals surface area contributed by atoms with E-state index < -0.39 is 9.71 Å². The summed E-state index contributed by atoms with van der Waals surface area (Å²) in [6.45, 7) is 4.31. The molecule has 1 aromatic heterocycles. The van der Waals surface area contributed by atoms with Crippen molar-refractivity contribution in [2.75, 3.05) is 5.32 Å². The van der Waals surface area contributed by atoms with Crippen molar-refractivity contribution in [1.82, 2.24) is 9.97 Å². The maximum Gasteiger partial charge on any atom is 0.228 e. The van der Waals surface area contributed by atoms with Crippen LogP contribution in [0.25, 0.3) is 0 Å². The number of rotatable bonds is 6. The quantitative estimate of drug-likeness (QED) is 0.426. The standard InChI is InChI=1S/C15H19BrN4OS2/c1-4-10(2)22-14-13(16)9-18-15(20-14)19-11-5-7-12(8-6-11)23(3,17)21/h5-10H,3-4H2,1-2H3,(H2,17,21)(H,18,19,20). The van der Waals surface area contributed by atoms with Crippen LogP contribution in [0.2, 0.25) is 0 Å². The third-order valence-electron chi connectivity index (χ3n) is 3.11. The number of anilines is 2. The molecule has 0 amide bonds. The number of nitrogens with two attached hydrogens (primary N) is 1. The van der Waals surface area contributed by atoms with Crippen LogP contribution in [-0.4, -0.2) is 25.3 Å². The zero-order valence-corrected chi connectivity index (χ0v) is 16.2. The van der Waals surface area contributed by atoms with Gasteiger partial charge in [-0.3, -0.25) is 5.14 Å². The Balaban J connectivity index is 2.18. The van der Waals surface area contributed by atoms with Crippen LogP contribution in [0.1, 0.15) is 20.3 Å². The van der Waals surface area contributed by atoms with E-state index in [2.05, 4.69) is 50.9 Å². The van der Waals surface area contributed by atoms with Crippen LogP contribution in [0, 0.1) is 0 Å². The molecule has 2 atom stereocenters. The Morgan fingerprint density at radius 2 is 2.09 bits per heavy atom.